The fraction of sp³-hybridized carbons (Fsp3) is 0.400. The molecule has 0 aliphatic heterocycles. The molecular weight excluding hydrogens is 256 g/mol. The molecular formula is C15H20N2O3. The van der Waals surface area contributed by atoms with Crippen LogP contribution in [0.5, 0.6) is 0 Å². The van der Waals surface area contributed by atoms with Crippen LogP contribution in [-0.2, 0) is 16.1 Å². The number of nitrogens with zero attached hydrogens (tertiary/aromatic N) is 1. The number of ether oxygens (including phenoxy) is 1. The molecule has 0 spiro atoms. The molecule has 0 aliphatic carbocycles. The van der Waals surface area contributed by atoms with Crippen molar-refractivity contribution in [2.75, 3.05) is 0 Å². The second kappa shape index (κ2) is 6.84. The van der Waals surface area contributed by atoms with E-state index in [1.54, 1.807) is 13.0 Å². The van der Waals surface area contributed by atoms with E-state index in [9.17, 15) is 9.59 Å². The number of fused-ring (bicyclic) bond motifs is 1. The van der Waals surface area contributed by atoms with E-state index in [1.807, 2.05) is 26.8 Å². The van der Waals surface area contributed by atoms with Gasteiger partial charge < -0.3 is 9.72 Å². The summed E-state index contributed by atoms with van der Waals surface area (Å²) >= 11 is 0. The van der Waals surface area contributed by atoms with Crippen LogP contribution in [0.1, 0.15) is 37.7 Å². The van der Waals surface area contributed by atoms with Gasteiger partial charge in [-0.05, 0) is 37.1 Å². The van der Waals surface area contributed by atoms with E-state index in [1.165, 1.54) is 6.92 Å². The summed E-state index contributed by atoms with van der Waals surface area (Å²) < 4.78 is 4.95. The minimum atomic E-state index is -0.342. The second-order valence-corrected chi connectivity index (χ2v) is 4.23. The monoisotopic (exact) mass is 276 g/mol. The molecule has 0 radical (unpaired) electrons. The normalized spacial score (nSPS) is 9.85. The van der Waals surface area contributed by atoms with Crippen LogP contribution >= 0.6 is 0 Å². The van der Waals surface area contributed by atoms with Crippen LogP contribution in [0.3, 0.4) is 0 Å². The maximum Gasteiger partial charge on any atom is 0.302 e. The lowest BCUT2D eigenvalue weighted by Crippen LogP contribution is -2.11. The predicted molar refractivity (Wildman–Crippen MR) is 78.7 cm³/mol. The van der Waals surface area contributed by atoms with Crippen molar-refractivity contribution in [1.29, 1.82) is 0 Å². The molecule has 0 saturated heterocycles. The smallest absolute Gasteiger partial charge is 0.302 e. The van der Waals surface area contributed by atoms with Crippen molar-refractivity contribution in [2.24, 2.45) is 0 Å². The van der Waals surface area contributed by atoms with Gasteiger partial charge in [-0.1, -0.05) is 13.8 Å². The molecule has 0 saturated carbocycles. The number of nitrogens with one attached hydrogen (secondary N) is 1. The molecule has 0 amide bonds. The zero-order chi connectivity index (χ0) is 15.3. The summed E-state index contributed by atoms with van der Waals surface area (Å²) in [5.41, 5.74) is 2.23. The van der Waals surface area contributed by atoms with Gasteiger partial charge in [0.15, 0.2) is 0 Å². The highest BCUT2D eigenvalue weighted by Crippen LogP contribution is 2.16. The predicted octanol–water partition coefficient (Wildman–Crippen LogP) is 2.63. The number of aryl methyl sites for hydroxylation is 2. The number of benzene rings is 1. The molecule has 1 aromatic carbocycles. The van der Waals surface area contributed by atoms with E-state index in [0.717, 1.165) is 11.1 Å². The Labute approximate surface area is 118 Å². The summed E-state index contributed by atoms with van der Waals surface area (Å²) in [6.45, 7) is 9.16. The Hall–Kier alpha value is -2.17. The van der Waals surface area contributed by atoms with Crippen LogP contribution in [0.4, 0.5) is 0 Å². The lowest BCUT2D eigenvalue weighted by atomic mass is 10.1. The molecule has 0 aliphatic rings. The molecule has 5 nitrogen and oxygen atoms in total. The van der Waals surface area contributed by atoms with E-state index < -0.39 is 0 Å². The molecule has 0 bridgehead atoms. The first-order valence-corrected chi connectivity index (χ1v) is 6.61. The first kappa shape index (κ1) is 15.9. The van der Waals surface area contributed by atoms with E-state index in [-0.39, 0.29) is 18.1 Å². The second-order valence-electron chi connectivity index (χ2n) is 4.23. The average molecular weight is 276 g/mol. The van der Waals surface area contributed by atoms with E-state index >= 15 is 0 Å². The third-order valence-electron chi connectivity index (χ3n) is 2.71. The maximum atomic E-state index is 11.8. The molecule has 1 aromatic heterocycles. The fourth-order valence-corrected chi connectivity index (χ4v) is 1.79. The Morgan fingerprint density at radius 2 is 1.95 bits per heavy atom. The van der Waals surface area contributed by atoms with Gasteiger partial charge in [0.1, 0.15) is 12.4 Å². The van der Waals surface area contributed by atoms with Crippen LogP contribution in [0.15, 0.2) is 16.9 Å². The number of carbonyl (C=O) groups is 1. The summed E-state index contributed by atoms with van der Waals surface area (Å²) in [6, 6.07) is 3.55. The Bertz CT molecular complexity index is 675. The summed E-state index contributed by atoms with van der Waals surface area (Å²) in [4.78, 5) is 29.5. The average Bonchev–Trinajstić information content (AvgIpc) is 2.38. The van der Waals surface area contributed by atoms with Crippen molar-refractivity contribution >= 4 is 16.9 Å². The number of esters is 1. The van der Waals surface area contributed by atoms with Gasteiger partial charge in [-0.2, -0.15) is 0 Å². The van der Waals surface area contributed by atoms with Gasteiger partial charge in [-0.25, -0.2) is 4.98 Å². The van der Waals surface area contributed by atoms with Crippen molar-refractivity contribution in [2.45, 2.75) is 41.2 Å². The lowest BCUT2D eigenvalue weighted by Gasteiger charge is -2.08. The number of carbonyl (C=O) groups excluding carboxylic acids is 1. The van der Waals surface area contributed by atoms with Gasteiger partial charge >= 0.3 is 5.97 Å². The fourth-order valence-electron chi connectivity index (χ4n) is 1.79. The molecule has 108 valence electrons. The van der Waals surface area contributed by atoms with Gasteiger partial charge in [0.25, 0.3) is 5.56 Å². The number of H-pyrrole nitrogens is 1. The van der Waals surface area contributed by atoms with Crippen LogP contribution in [0.25, 0.3) is 10.9 Å². The molecule has 2 aromatic rings. The van der Waals surface area contributed by atoms with Gasteiger partial charge in [0.2, 0.25) is 0 Å². The van der Waals surface area contributed by atoms with Crippen molar-refractivity contribution in [3.05, 3.63) is 39.4 Å². The molecule has 0 unspecified atom stereocenters. The van der Waals surface area contributed by atoms with Crippen LogP contribution < -0.4 is 5.56 Å². The highest BCUT2D eigenvalue weighted by molar-refractivity contribution is 5.79. The summed E-state index contributed by atoms with van der Waals surface area (Å²) in [5.74, 6) is 0.241. The van der Waals surface area contributed by atoms with Gasteiger partial charge in [-0.15, -0.1) is 0 Å². The van der Waals surface area contributed by atoms with Gasteiger partial charge in [0, 0.05) is 6.92 Å². The Morgan fingerprint density at radius 3 is 2.55 bits per heavy atom. The Morgan fingerprint density at radius 1 is 1.30 bits per heavy atom. The maximum absolute atomic E-state index is 11.8. The number of rotatable bonds is 2. The first-order valence-electron chi connectivity index (χ1n) is 6.61. The van der Waals surface area contributed by atoms with Crippen molar-refractivity contribution in [3.8, 4) is 0 Å². The third kappa shape index (κ3) is 3.66. The van der Waals surface area contributed by atoms with Gasteiger partial charge in [0.05, 0.1) is 10.9 Å². The van der Waals surface area contributed by atoms with E-state index in [2.05, 4.69) is 9.97 Å². The molecule has 20 heavy (non-hydrogen) atoms. The topological polar surface area (TPSA) is 72.1 Å². The summed E-state index contributed by atoms with van der Waals surface area (Å²) in [6.07, 6.45) is 0. The van der Waals surface area contributed by atoms with Crippen molar-refractivity contribution < 1.29 is 9.53 Å². The van der Waals surface area contributed by atoms with Crippen LogP contribution in [0, 0.1) is 13.8 Å². The van der Waals surface area contributed by atoms with Gasteiger partial charge in [-0.3, -0.25) is 9.59 Å². The Kier molecular flexibility index (Phi) is 5.43. The third-order valence-corrected chi connectivity index (χ3v) is 2.71. The number of aromatic amines is 1. The van der Waals surface area contributed by atoms with E-state index in [0.29, 0.717) is 16.7 Å². The SMILES string of the molecule is CC.CC(=O)OCc1cc2c(=O)[nH]c(C)nc2cc1C. The standard InChI is InChI=1S/C13H14N2O3.C2H6/c1-7-4-12-11(13(17)15-8(2)14-12)5-10(7)6-18-9(3)16;1-2/h4-5H,6H2,1-3H3,(H,14,15,17);1-2H3. The summed E-state index contributed by atoms with van der Waals surface area (Å²) in [7, 11) is 0. The minimum Gasteiger partial charge on any atom is -0.461 e. The van der Waals surface area contributed by atoms with E-state index in [4.69, 9.17) is 4.74 Å². The van der Waals surface area contributed by atoms with Crippen LogP contribution in [-0.4, -0.2) is 15.9 Å². The zero-order valence-electron chi connectivity index (χ0n) is 12.5. The Balaban J connectivity index is 0.000000956. The number of hydrogen-bond acceptors (Lipinski definition) is 4. The molecule has 2 rings (SSSR count). The molecule has 0 fully saturated rings. The van der Waals surface area contributed by atoms with Crippen LogP contribution in [0.2, 0.25) is 0 Å². The highest BCUT2D eigenvalue weighted by atomic mass is 16.5. The van der Waals surface area contributed by atoms with Crippen molar-refractivity contribution in [1.82, 2.24) is 9.97 Å². The molecule has 1 N–H and O–H groups in total. The quantitative estimate of drug-likeness (QED) is 0.856. The lowest BCUT2D eigenvalue weighted by molar-refractivity contribution is -0.142. The number of aromatic nitrogens is 2. The number of hydrogen-bond donors (Lipinski definition) is 1. The van der Waals surface area contributed by atoms with Crippen molar-refractivity contribution in [3.63, 3.8) is 0 Å². The largest absolute Gasteiger partial charge is 0.461 e. The highest BCUT2D eigenvalue weighted by Gasteiger charge is 2.07. The zero-order valence-corrected chi connectivity index (χ0v) is 12.5. The minimum absolute atomic E-state index is 0.171. The summed E-state index contributed by atoms with van der Waals surface area (Å²) in [5, 5.41) is 0.508. The molecule has 0 atom stereocenters. The molecule has 5 heteroatoms. The molecule has 1 heterocycles. The first-order chi connectivity index (χ1) is 9.47.